The Labute approximate surface area is 182 Å². The minimum absolute atomic E-state index is 0.169. The molecule has 2 N–H and O–H groups in total. The lowest BCUT2D eigenvalue weighted by molar-refractivity contribution is 0.272. The summed E-state index contributed by atoms with van der Waals surface area (Å²) in [6.07, 6.45) is 3.68. The average molecular weight is 421 g/mol. The molecule has 0 spiro atoms. The predicted octanol–water partition coefficient (Wildman–Crippen LogP) is 4.97. The highest BCUT2D eigenvalue weighted by Crippen LogP contribution is 2.28. The van der Waals surface area contributed by atoms with Crippen molar-refractivity contribution >= 4 is 12.1 Å². The monoisotopic (exact) mass is 420 g/mol. The third-order valence-corrected chi connectivity index (χ3v) is 4.50. The van der Waals surface area contributed by atoms with Crippen molar-refractivity contribution in [2.24, 2.45) is 15.9 Å². The smallest absolute Gasteiger partial charge is 0.175 e. The van der Waals surface area contributed by atoms with Gasteiger partial charge in [0.1, 0.15) is 0 Å². The standard InChI is InChI=1S/C24H28N4O3/c1-4-6-13-30-21-12-9-18(14-23(21)29-5-2)16-26-27-24(25)20-15-22(31-28-20)19-10-7-17(3)8-11-19/h7-12,14-16H,4-6,13H2,1-3H3,(H2,25,27). The Balaban J connectivity index is 1.69. The summed E-state index contributed by atoms with van der Waals surface area (Å²) in [5, 5.41) is 12.1. The van der Waals surface area contributed by atoms with Crippen molar-refractivity contribution in [3.05, 3.63) is 65.4 Å². The van der Waals surface area contributed by atoms with E-state index < -0.39 is 0 Å². The molecule has 3 rings (SSSR count). The molecule has 0 bridgehead atoms. The van der Waals surface area contributed by atoms with Crippen LogP contribution in [-0.2, 0) is 0 Å². The molecule has 0 saturated carbocycles. The number of amidine groups is 1. The van der Waals surface area contributed by atoms with Crippen LogP contribution in [0.3, 0.4) is 0 Å². The van der Waals surface area contributed by atoms with E-state index in [-0.39, 0.29) is 5.84 Å². The second-order valence-electron chi connectivity index (χ2n) is 7.01. The Morgan fingerprint density at radius 2 is 1.87 bits per heavy atom. The first-order chi connectivity index (χ1) is 15.1. The van der Waals surface area contributed by atoms with Crippen LogP contribution in [0, 0.1) is 6.92 Å². The van der Waals surface area contributed by atoms with Crippen molar-refractivity contribution in [2.45, 2.75) is 33.6 Å². The fourth-order valence-electron chi connectivity index (χ4n) is 2.78. The van der Waals surface area contributed by atoms with Gasteiger partial charge in [-0.3, -0.25) is 0 Å². The van der Waals surface area contributed by atoms with Crippen LogP contribution in [0.5, 0.6) is 11.5 Å². The lowest BCUT2D eigenvalue weighted by Gasteiger charge is -2.12. The zero-order valence-electron chi connectivity index (χ0n) is 18.2. The van der Waals surface area contributed by atoms with E-state index >= 15 is 0 Å². The van der Waals surface area contributed by atoms with Gasteiger partial charge in [0.15, 0.2) is 28.8 Å². The highest BCUT2D eigenvalue weighted by atomic mass is 16.5. The fourth-order valence-corrected chi connectivity index (χ4v) is 2.78. The summed E-state index contributed by atoms with van der Waals surface area (Å²) in [5.41, 5.74) is 9.36. The Hall–Kier alpha value is -3.61. The minimum atomic E-state index is 0.169. The highest BCUT2D eigenvalue weighted by Gasteiger charge is 2.10. The quantitative estimate of drug-likeness (QED) is 0.216. The van der Waals surface area contributed by atoms with Crippen molar-refractivity contribution in [2.75, 3.05) is 13.2 Å². The summed E-state index contributed by atoms with van der Waals surface area (Å²) in [5.74, 6) is 2.19. The van der Waals surface area contributed by atoms with Crippen LogP contribution in [0.2, 0.25) is 0 Å². The lowest BCUT2D eigenvalue weighted by Crippen LogP contribution is -2.12. The fraction of sp³-hybridized carbons (Fsp3) is 0.292. The van der Waals surface area contributed by atoms with Crippen molar-refractivity contribution in [1.82, 2.24) is 5.16 Å². The third-order valence-electron chi connectivity index (χ3n) is 4.50. The minimum Gasteiger partial charge on any atom is -0.490 e. The maximum absolute atomic E-state index is 6.01. The number of nitrogens with two attached hydrogens (primary N) is 1. The predicted molar refractivity (Wildman–Crippen MR) is 123 cm³/mol. The molecule has 7 heteroatoms. The van der Waals surface area contributed by atoms with Gasteiger partial charge in [0.2, 0.25) is 0 Å². The van der Waals surface area contributed by atoms with Crippen LogP contribution in [0.15, 0.2) is 63.3 Å². The van der Waals surface area contributed by atoms with E-state index in [4.69, 9.17) is 19.7 Å². The number of rotatable bonds is 10. The van der Waals surface area contributed by atoms with Gasteiger partial charge in [-0.05, 0) is 44.0 Å². The molecule has 0 radical (unpaired) electrons. The second kappa shape index (κ2) is 11.0. The Morgan fingerprint density at radius 3 is 2.61 bits per heavy atom. The number of nitrogens with zero attached hydrogens (tertiary/aromatic N) is 3. The van der Waals surface area contributed by atoms with E-state index in [1.165, 1.54) is 5.56 Å². The summed E-state index contributed by atoms with van der Waals surface area (Å²) in [4.78, 5) is 0. The van der Waals surface area contributed by atoms with Gasteiger partial charge in [0.05, 0.1) is 19.4 Å². The van der Waals surface area contributed by atoms with Crippen LogP contribution in [0.4, 0.5) is 0 Å². The summed E-state index contributed by atoms with van der Waals surface area (Å²) < 4.78 is 16.9. The van der Waals surface area contributed by atoms with Gasteiger partial charge in [-0.25, -0.2) is 0 Å². The number of ether oxygens (including phenoxy) is 2. The molecule has 2 aromatic carbocycles. The first-order valence-electron chi connectivity index (χ1n) is 10.4. The van der Waals surface area contributed by atoms with Gasteiger partial charge in [-0.1, -0.05) is 48.3 Å². The molecule has 0 aliphatic rings. The number of hydrogen-bond donors (Lipinski definition) is 1. The lowest BCUT2D eigenvalue weighted by atomic mass is 10.1. The van der Waals surface area contributed by atoms with Gasteiger partial charge < -0.3 is 19.7 Å². The van der Waals surface area contributed by atoms with Crippen molar-refractivity contribution in [3.63, 3.8) is 0 Å². The molecule has 0 aliphatic heterocycles. The Bertz CT molecular complexity index is 1040. The molecule has 0 fully saturated rings. The molecule has 3 aromatic rings. The molecule has 1 heterocycles. The topological polar surface area (TPSA) is 95.2 Å². The van der Waals surface area contributed by atoms with Crippen LogP contribution < -0.4 is 15.2 Å². The van der Waals surface area contributed by atoms with Crippen LogP contribution in [0.1, 0.15) is 43.5 Å². The largest absolute Gasteiger partial charge is 0.490 e. The Kier molecular flexibility index (Phi) is 7.81. The van der Waals surface area contributed by atoms with Gasteiger partial charge >= 0.3 is 0 Å². The molecule has 0 saturated heterocycles. The number of unbranched alkanes of at least 4 members (excludes halogenated alkanes) is 1. The van der Waals surface area contributed by atoms with Gasteiger partial charge in [-0.2, -0.15) is 5.10 Å². The van der Waals surface area contributed by atoms with Crippen LogP contribution >= 0.6 is 0 Å². The molecule has 162 valence electrons. The molecule has 0 aliphatic carbocycles. The maximum Gasteiger partial charge on any atom is 0.175 e. The normalized spacial score (nSPS) is 11.8. The van der Waals surface area contributed by atoms with Gasteiger partial charge in [-0.15, -0.1) is 5.10 Å². The van der Waals surface area contributed by atoms with E-state index in [0.717, 1.165) is 29.7 Å². The van der Waals surface area contributed by atoms with Crippen molar-refractivity contribution in [1.29, 1.82) is 0 Å². The third kappa shape index (κ3) is 6.18. The first kappa shape index (κ1) is 22.1. The molecule has 1 aromatic heterocycles. The van der Waals surface area contributed by atoms with Crippen LogP contribution in [-0.4, -0.2) is 30.4 Å². The number of aromatic nitrogens is 1. The molecule has 0 atom stereocenters. The van der Waals surface area contributed by atoms with Crippen LogP contribution in [0.25, 0.3) is 11.3 Å². The summed E-state index contributed by atoms with van der Waals surface area (Å²) >= 11 is 0. The number of hydrogen-bond acceptors (Lipinski definition) is 6. The number of benzene rings is 2. The van der Waals surface area contributed by atoms with E-state index in [0.29, 0.717) is 30.4 Å². The molecule has 31 heavy (non-hydrogen) atoms. The average Bonchev–Trinajstić information content (AvgIpc) is 3.26. The van der Waals surface area contributed by atoms with Crippen molar-refractivity contribution < 1.29 is 14.0 Å². The van der Waals surface area contributed by atoms with E-state index in [1.807, 2.05) is 56.3 Å². The summed E-state index contributed by atoms with van der Waals surface area (Å²) in [6.45, 7) is 7.30. The maximum atomic E-state index is 6.01. The summed E-state index contributed by atoms with van der Waals surface area (Å²) in [7, 11) is 0. The van der Waals surface area contributed by atoms with Crippen molar-refractivity contribution in [3.8, 4) is 22.8 Å². The molecule has 0 amide bonds. The van der Waals surface area contributed by atoms with Gasteiger partial charge in [0, 0.05) is 11.6 Å². The molecular weight excluding hydrogens is 392 g/mol. The van der Waals surface area contributed by atoms with Gasteiger partial charge in [0.25, 0.3) is 0 Å². The second-order valence-corrected chi connectivity index (χ2v) is 7.01. The van der Waals surface area contributed by atoms with E-state index in [1.54, 1.807) is 12.3 Å². The number of aryl methyl sites for hydroxylation is 1. The zero-order valence-corrected chi connectivity index (χ0v) is 18.2. The van der Waals surface area contributed by atoms with E-state index in [9.17, 15) is 0 Å². The molecule has 7 nitrogen and oxygen atoms in total. The zero-order chi connectivity index (χ0) is 22.1. The molecular formula is C24H28N4O3. The molecule has 0 unspecified atom stereocenters. The van der Waals surface area contributed by atoms with E-state index in [2.05, 4.69) is 22.3 Å². The Morgan fingerprint density at radius 1 is 1.06 bits per heavy atom. The highest BCUT2D eigenvalue weighted by molar-refractivity contribution is 5.96. The SMILES string of the molecule is CCCCOc1ccc(C=NN=C(N)c2cc(-c3ccc(C)cc3)on2)cc1OCC. The first-order valence-corrected chi connectivity index (χ1v) is 10.4. The summed E-state index contributed by atoms with van der Waals surface area (Å²) in [6, 6.07) is 15.3.